The highest BCUT2D eigenvalue weighted by Crippen LogP contribution is 2.37. The second-order valence-corrected chi connectivity index (χ2v) is 6.77. The van der Waals surface area contributed by atoms with Crippen molar-refractivity contribution in [2.24, 2.45) is 17.6 Å². The lowest BCUT2D eigenvalue weighted by Crippen LogP contribution is -2.29. The molecule has 1 aromatic carbocycles. The molecule has 4 heteroatoms. The van der Waals surface area contributed by atoms with E-state index >= 15 is 0 Å². The number of halogens is 2. The Hall–Kier alpha value is -0.440. The van der Waals surface area contributed by atoms with Crippen molar-refractivity contribution in [3.63, 3.8) is 0 Å². The van der Waals surface area contributed by atoms with E-state index in [0.29, 0.717) is 22.5 Å². The van der Waals surface area contributed by atoms with Gasteiger partial charge in [0.2, 0.25) is 0 Å². The van der Waals surface area contributed by atoms with Gasteiger partial charge < -0.3 is 10.5 Å². The smallest absolute Gasteiger partial charge is 0.141 e. The minimum absolute atomic E-state index is 0.247. The SMILES string of the molecule is CC1CCC(Oc2c(Cl)cc(Cl)cc2CCN)CC1C. The van der Waals surface area contributed by atoms with Gasteiger partial charge >= 0.3 is 0 Å². The number of benzene rings is 1. The molecule has 0 radical (unpaired) electrons. The molecule has 1 aliphatic rings. The van der Waals surface area contributed by atoms with Crippen LogP contribution >= 0.6 is 23.2 Å². The zero-order valence-electron chi connectivity index (χ0n) is 12.2. The van der Waals surface area contributed by atoms with Gasteiger partial charge in [-0.25, -0.2) is 0 Å². The van der Waals surface area contributed by atoms with Crippen molar-refractivity contribution in [1.29, 1.82) is 0 Å². The predicted octanol–water partition coefficient (Wildman–Crippen LogP) is 4.70. The van der Waals surface area contributed by atoms with E-state index in [2.05, 4.69) is 13.8 Å². The first kappa shape index (κ1) is 15.9. The molecule has 0 bridgehead atoms. The first-order chi connectivity index (χ1) is 9.51. The van der Waals surface area contributed by atoms with Gasteiger partial charge in [-0.15, -0.1) is 0 Å². The average molecular weight is 316 g/mol. The normalized spacial score (nSPS) is 26.6. The van der Waals surface area contributed by atoms with E-state index in [9.17, 15) is 0 Å². The molecule has 0 spiro atoms. The third-order valence-electron chi connectivity index (χ3n) is 4.33. The van der Waals surface area contributed by atoms with Crippen molar-refractivity contribution >= 4 is 23.2 Å². The summed E-state index contributed by atoms with van der Waals surface area (Å²) in [6.45, 7) is 5.17. The van der Waals surface area contributed by atoms with Gasteiger partial charge in [0, 0.05) is 5.02 Å². The van der Waals surface area contributed by atoms with Crippen molar-refractivity contribution in [2.75, 3.05) is 6.54 Å². The summed E-state index contributed by atoms with van der Waals surface area (Å²) in [7, 11) is 0. The van der Waals surface area contributed by atoms with Crippen LogP contribution in [-0.4, -0.2) is 12.6 Å². The van der Waals surface area contributed by atoms with E-state index in [0.717, 1.165) is 36.5 Å². The van der Waals surface area contributed by atoms with Crippen LogP contribution in [0.5, 0.6) is 5.75 Å². The molecule has 2 nitrogen and oxygen atoms in total. The number of rotatable bonds is 4. The fourth-order valence-electron chi connectivity index (χ4n) is 2.86. The first-order valence-corrected chi connectivity index (χ1v) is 8.11. The number of ether oxygens (including phenoxy) is 1. The summed E-state index contributed by atoms with van der Waals surface area (Å²) >= 11 is 12.4. The topological polar surface area (TPSA) is 35.2 Å². The Labute approximate surface area is 131 Å². The molecule has 1 aliphatic carbocycles. The van der Waals surface area contributed by atoms with Gasteiger partial charge in [-0.05, 0) is 61.8 Å². The molecule has 0 amide bonds. The Balaban J connectivity index is 2.16. The second-order valence-electron chi connectivity index (χ2n) is 5.92. The summed E-state index contributed by atoms with van der Waals surface area (Å²) < 4.78 is 6.20. The van der Waals surface area contributed by atoms with Crippen molar-refractivity contribution in [3.8, 4) is 5.75 Å². The lowest BCUT2D eigenvalue weighted by Gasteiger charge is -2.33. The lowest BCUT2D eigenvalue weighted by molar-refractivity contribution is 0.0998. The van der Waals surface area contributed by atoms with E-state index < -0.39 is 0 Å². The number of hydrogen-bond acceptors (Lipinski definition) is 2. The van der Waals surface area contributed by atoms with E-state index in [4.69, 9.17) is 33.7 Å². The van der Waals surface area contributed by atoms with Gasteiger partial charge in [0.05, 0.1) is 11.1 Å². The molecule has 0 heterocycles. The molecular formula is C16H23Cl2NO. The van der Waals surface area contributed by atoms with Crippen LogP contribution in [-0.2, 0) is 6.42 Å². The standard InChI is InChI=1S/C16H23Cl2NO/c1-10-3-4-14(7-11(10)2)20-16-12(5-6-19)8-13(17)9-15(16)18/h8-11,14H,3-7,19H2,1-2H3. The van der Waals surface area contributed by atoms with Crippen LogP contribution in [0.1, 0.15) is 38.7 Å². The van der Waals surface area contributed by atoms with Crippen molar-refractivity contribution < 1.29 is 4.74 Å². The maximum atomic E-state index is 6.30. The minimum atomic E-state index is 0.247. The Bertz CT molecular complexity index is 464. The molecule has 0 aromatic heterocycles. The summed E-state index contributed by atoms with van der Waals surface area (Å²) in [5.74, 6) is 2.24. The van der Waals surface area contributed by atoms with E-state index in [1.54, 1.807) is 6.07 Å². The summed E-state index contributed by atoms with van der Waals surface area (Å²) in [5, 5.41) is 1.23. The van der Waals surface area contributed by atoms with E-state index in [1.165, 1.54) is 6.42 Å². The molecule has 0 saturated heterocycles. The highest BCUT2D eigenvalue weighted by Gasteiger charge is 2.27. The molecule has 3 atom stereocenters. The van der Waals surface area contributed by atoms with Crippen LogP contribution in [0.4, 0.5) is 0 Å². The van der Waals surface area contributed by atoms with Crippen LogP contribution in [0.2, 0.25) is 10.0 Å². The molecule has 20 heavy (non-hydrogen) atoms. The van der Waals surface area contributed by atoms with Crippen molar-refractivity contribution in [2.45, 2.75) is 45.6 Å². The number of nitrogens with two attached hydrogens (primary N) is 1. The highest BCUT2D eigenvalue weighted by atomic mass is 35.5. The van der Waals surface area contributed by atoms with Crippen molar-refractivity contribution in [3.05, 3.63) is 27.7 Å². The summed E-state index contributed by atoms with van der Waals surface area (Å²) in [5.41, 5.74) is 6.67. The molecular weight excluding hydrogens is 293 g/mol. The molecule has 1 saturated carbocycles. The molecule has 3 unspecified atom stereocenters. The Morgan fingerprint density at radius 2 is 1.95 bits per heavy atom. The van der Waals surface area contributed by atoms with Crippen LogP contribution in [0, 0.1) is 11.8 Å². The summed E-state index contributed by atoms with van der Waals surface area (Å²) in [4.78, 5) is 0. The molecule has 1 aromatic rings. The van der Waals surface area contributed by atoms with E-state index in [1.807, 2.05) is 6.07 Å². The number of hydrogen-bond donors (Lipinski definition) is 1. The minimum Gasteiger partial charge on any atom is -0.489 e. The molecule has 0 aliphatic heterocycles. The third-order valence-corrected chi connectivity index (χ3v) is 4.83. The fourth-order valence-corrected chi connectivity index (χ4v) is 3.44. The summed E-state index contributed by atoms with van der Waals surface area (Å²) in [6, 6.07) is 3.65. The molecule has 1 fully saturated rings. The van der Waals surface area contributed by atoms with Gasteiger partial charge in [-0.2, -0.15) is 0 Å². The molecule has 2 N–H and O–H groups in total. The monoisotopic (exact) mass is 315 g/mol. The fraction of sp³-hybridized carbons (Fsp3) is 0.625. The maximum Gasteiger partial charge on any atom is 0.141 e. The van der Waals surface area contributed by atoms with Crippen LogP contribution in [0.25, 0.3) is 0 Å². The Kier molecular flexibility index (Phi) is 5.59. The largest absolute Gasteiger partial charge is 0.489 e. The zero-order valence-corrected chi connectivity index (χ0v) is 13.7. The third kappa shape index (κ3) is 3.81. The quantitative estimate of drug-likeness (QED) is 0.874. The van der Waals surface area contributed by atoms with Crippen LogP contribution in [0.15, 0.2) is 12.1 Å². The van der Waals surface area contributed by atoms with E-state index in [-0.39, 0.29) is 6.10 Å². The zero-order chi connectivity index (χ0) is 14.7. The van der Waals surface area contributed by atoms with Crippen LogP contribution < -0.4 is 10.5 Å². The summed E-state index contributed by atoms with van der Waals surface area (Å²) in [6.07, 6.45) is 4.36. The average Bonchev–Trinajstić information content (AvgIpc) is 2.38. The Morgan fingerprint density at radius 1 is 1.20 bits per heavy atom. The van der Waals surface area contributed by atoms with Gasteiger partial charge in [0.25, 0.3) is 0 Å². The first-order valence-electron chi connectivity index (χ1n) is 7.36. The Morgan fingerprint density at radius 3 is 2.60 bits per heavy atom. The van der Waals surface area contributed by atoms with Crippen LogP contribution in [0.3, 0.4) is 0 Å². The van der Waals surface area contributed by atoms with Gasteiger partial charge in [0.15, 0.2) is 0 Å². The lowest BCUT2D eigenvalue weighted by atomic mass is 9.80. The van der Waals surface area contributed by atoms with Gasteiger partial charge in [-0.3, -0.25) is 0 Å². The predicted molar refractivity (Wildman–Crippen MR) is 85.8 cm³/mol. The maximum absolute atomic E-state index is 6.30. The molecule has 112 valence electrons. The van der Waals surface area contributed by atoms with Gasteiger partial charge in [0.1, 0.15) is 5.75 Å². The van der Waals surface area contributed by atoms with Gasteiger partial charge in [-0.1, -0.05) is 37.0 Å². The highest BCUT2D eigenvalue weighted by molar-refractivity contribution is 6.35. The second kappa shape index (κ2) is 7.02. The van der Waals surface area contributed by atoms with Crippen molar-refractivity contribution in [1.82, 2.24) is 0 Å². The molecule has 2 rings (SSSR count).